The number of rotatable bonds is 7. The molecule has 2 heteroatoms. The van der Waals surface area contributed by atoms with Gasteiger partial charge in [0, 0.05) is 42.2 Å². The highest BCUT2D eigenvalue weighted by Gasteiger charge is 2.50. The van der Waals surface area contributed by atoms with Crippen molar-refractivity contribution in [2.24, 2.45) is 11.3 Å². The lowest BCUT2D eigenvalue weighted by Gasteiger charge is -2.33. The second kappa shape index (κ2) is 8.19. The maximum Gasteiger partial charge on any atom is 0.0405 e. The van der Waals surface area contributed by atoms with Crippen molar-refractivity contribution < 1.29 is 0 Å². The van der Waals surface area contributed by atoms with Gasteiger partial charge in [-0.1, -0.05) is 95.9 Å². The van der Waals surface area contributed by atoms with E-state index in [1.54, 1.807) is 0 Å². The minimum absolute atomic E-state index is 0.249. The Morgan fingerprint density at radius 3 is 2.10 bits per heavy atom. The van der Waals surface area contributed by atoms with E-state index in [0.29, 0.717) is 29.5 Å². The van der Waals surface area contributed by atoms with Crippen LogP contribution in [0.3, 0.4) is 0 Å². The summed E-state index contributed by atoms with van der Waals surface area (Å²) < 4.78 is 0. The van der Waals surface area contributed by atoms with Gasteiger partial charge in [0.15, 0.2) is 0 Å². The second-order valence-electron chi connectivity index (χ2n) is 11.1. The molecule has 2 nitrogen and oxygen atoms in total. The van der Waals surface area contributed by atoms with E-state index in [9.17, 15) is 0 Å². The van der Waals surface area contributed by atoms with Crippen LogP contribution in [0.15, 0.2) is 48.6 Å². The molecule has 164 valence electrons. The Morgan fingerprint density at radius 2 is 1.43 bits per heavy atom. The van der Waals surface area contributed by atoms with Gasteiger partial charge in [0.2, 0.25) is 0 Å². The Morgan fingerprint density at radius 1 is 0.800 bits per heavy atom. The molecule has 1 fully saturated rings. The molecule has 2 heterocycles. The Bertz CT molecular complexity index is 803. The first-order valence-corrected chi connectivity index (χ1v) is 12.2. The topological polar surface area (TPSA) is 6.48 Å². The van der Waals surface area contributed by atoms with Crippen molar-refractivity contribution in [3.63, 3.8) is 0 Å². The van der Waals surface area contributed by atoms with Crippen LogP contribution in [0.25, 0.3) is 0 Å². The molecule has 1 aliphatic carbocycles. The zero-order valence-corrected chi connectivity index (χ0v) is 20.1. The number of unbranched alkanes of at least 4 members (excludes halogenated alkanes) is 3. The molecule has 4 rings (SSSR count). The first kappa shape index (κ1) is 21.7. The third-order valence-electron chi connectivity index (χ3n) is 8.77. The monoisotopic (exact) mass is 406 g/mol. The first-order chi connectivity index (χ1) is 14.3. The Kier molecular flexibility index (Phi) is 5.92. The molecular formula is C28H42N2. The van der Waals surface area contributed by atoms with Gasteiger partial charge in [-0.3, -0.25) is 4.90 Å². The lowest BCUT2D eigenvalue weighted by Crippen LogP contribution is -2.39. The van der Waals surface area contributed by atoms with Crippen LogP contribution in [0.1, 0.15) is 71.8 Å². The van der Waals surface area contributed by atoms with Gasteiger partial charge in [-0.15, -0.1) is 0 Å². The van der Waals surface area contributed by atoms with Crippen molar-refractivity contribution in [3.05, 3.63) is 54.1 Å². The summed E-state index contributed by atoms with van der Waals surface area (Å²) >= 11 is 0. The van der Waals surface area contributed by atoms with E-state index in [-0.39, 0.29) is 5.41 Å². The van der Waals surface area contributed by atoms with Crippen molar-refractivity contribution >= 4 is 5.69 Å². The van der Waals surface area contributed by atoms with Crippen LogP contribution in [0, 0.1) is 11.3 Å². The number of para-hydroxylation sites is 1. The van der Waals surface area contributed by atoms with Crippen molar-refractivity contribution in [3.8, 4) is 0 Å². The van der Waals surface area contributed by atoms with E-state index in [1.165, 1.54) is 49.8 Å². The number of hydrogen-bond acceptors (Lipinski definition) is 2. The molecule has 4 unspecified atom stereocenters. The maximum absolute atomic E-state index is 2.65. The maximum atomic E-state index is 2.65. The highest BCUT2D eigenvalue weighted by molar-refractivity contribution is 5.63. The number of hydrogen-bond donors (Lipinski definition) is 0. The zero-order valence-electron chi connectivity index (χ0n) is 20.1. The van der Waals surface area contributed by atoms with Gasteiger partial charge < -0.3 is 4.90 Å². The largest absolute Gasteiger partial charge is 0.370 e. The molecule has 1 aromatic carbocycles. The van der Waals surface area contributed by atoms with E-state index in [2.05, 4.69) is 100 Å². The normalized spacial score (nSPS) is 31.2. The van der Waals surface area contributed by atoms with Crippen molar-refractivity contribution in [1.29, 1.82) is 0 Å². The van der Waals surface area contributed by atoms with E-state index in [0.717, 1.165) is 0 Å². The minimum Gasteiger partial charge on any atom is -0.370 e. The summed E-state index contributed by atoms with van der Waals surface area (Å²) in [6.07, 6.45) is 17.4. The number of likely N-dealkylation sites (tertiary alicyclic amines) is 1. The lowest BCUT2D eigenvalue weighted by atomic mass is 9.72. The van der Waals surface area contributed by atoms with Crippen LogP contribution in [-0.2, 0) is 5.41 Å². The smallest absolute Gasteiger partial charge is 0.0405 e. The zero-order chi connectivity index (χ0) is 21.5. The highest BCUT2D eigenvalue weighted by atomic mass is 15.2. The standard InChI is InChI=1S/C28H42N2/c1-27(2)21-15-11-13-17-23(21)29(5)25(27)19-9-7-8-10-20-26-28(3,4)22-16-12-14-18-24(22)30(26)6/h11-18,21,23,25-26H,7-10,19-20H2,1-6H3. The van der Waals surface area contributed by atoms with E-state index >= 15 is 0 Å². The number of anilines is 1. The van der Waals surface area contributed by atoms with Crippen LogP contribution in [0.2, 0.25) is 0 Å². The first-order valence-electron chi connectivity index (χ1n) is 12.2. The molecule has 0 bridgehead atoms. The summed E-state index contributed by atoms with van der Waals surface area (Å²) in [5.41, 5.74) is 3.57. The van der Waals surface area contributed by atoms with Gasteiger partial charge in [0.05, 0.1) is 0 Å². The fraction of sp³-hybridized carbons (Fsp3) is 0.643. The molecule has 0 amide bonds. The van der Waals surface area contributed by atoms with Crippen LogP contribution in [-0.4, -0.2) is 37.1 Å². The molecule has 1 aromatic rings. The average molecular weight is 407 g/mol. The van der Waals surface area contributed by atoms with E-state index < -0.39 is 0 Å². The third kappa shape index (κ3) is 3.55. The molecular weight excluding hydrogens is 364 g/mol. The van der Waals surface area contributed by atoms with Crippen molar-refractivity contribution in [1.82, 2.24) is 4.90 Å². The summed E-state index contributed by atoms with van der Waals surface area (Å²) in [6.45, 7) is 9.83. The molecule has 4 atom stereocenters. The summed E-state index contributed by atoms with van der Waals surface area (Å²) in [6, 6.07) is 10.9. The fourth-order valence-corrected chi connectivity index (χ4v) is 6.94. The molecule has 30 heavy (non-hydrogen) atoms. The summed E-state index contributed by atoms with van der Waals surface area (Å²) in [5.74, 6) is 0.666. The van der Waals surface area contributed by atoms with E-state index in [1.807, 2.05) is 0 Å². The Labute approximate surface area is 185 Å². The van der Waals surface area contributed by atoms with Gasteiger partial charge >= 0.3 is 0 Å². The Balaban J connectivity index is 1.24. The molecule has 3 aliphatic rings. The van der Waals surface area contributed by atoms with Gasteiger partial charge in [-0.2, -0.15) is 0 Å². The van der Waals surface area contributed by atoms with Crippen LogP contribution in [0.5, 0.6) is 0 Å². The molecule has 0 saturated carbocycles. The summed E-state index contributed by atoms with van der Waals surface area (Å²) in [4.78, 5) is 5.19. The Hall–Kier alpha value is -1.54. The van der Waals surface area contributed by atoms with Gasteiger partial charge in [0.1, 0.15) is 0 Å². The summed E-state index contributed by atoms with van der Waals surface area (Å²) in [7, 11) is 4.63. The van der Waals surface area contributed by atoms with Crippen LogP contribution < -0.4 is 4.90 Å². The number of benzene rings is 1. The minimum atomic E-state index is 0.249. The van der Waals surface area contributed by atoms with Crippen LogP contribution in [0.4, 0.5) is 5.69 Å². The number of nitrogens with zero attached hydrogens (tertiary/aromatic N) is 2. The molecule has 0 N–H and O–H groups in total. The fourth-order valence-electron chi connectivity index (χ4n) is 6.94. The number of allylic oxidation sites excluding steroid dienone is 2. The van der Waals surface area contributed by atoms with Crippen molar-refractivity contribution in [2.75, 3.05) is 19.0 Å². The molecule has 0 radical (unpaired) electrons. The predicted octanol–water partition coefficient (Wildman–Crippen LogP) is 6.57. The number of fused-ring (bicyclic) bond motifs is 2. The van der Waals surface area contributed by atoms with Gasteiger partial charge in [-0.25, -0.2) is 0 Å². The van der Waals surface area contributed by atoms with E-state index in [4.69, 9.17) is 0 Å². The lowest BCUT2D eigenvalue weighted by molar-refractivity contribution is 0.179. The summed E-state index contributed by atoms with van der Waals surface area (Å²) in [5, 5.41) is 0. The second-order valence-corrected chi connectivity index (χ2v) is 11.1. The quantitative estimate of drug-likeness (QED) is 0.472. The molecule has 1 saturated heterocycles. The van der Waals surface area contributed by atoms with Crippen LogP contribution >= 0.6 is 0 Å². The molecule has 2 aliphatic heterocycles. The third-order valence-corrected chi connectivity index (χ3v) is 8.77. The van der Waals surface area contributed by atoms with Gasteiger partial charge in [-0.05, 0) is 36.9 Å². The van der Waals surface area contributed by atoms with Crippen molar-refractivity contribution in [2.45, 2.75) is 89.8 Å². The molecule has 0 aromatic heterocycles. The van der Waals surface area contributed by atoms with Gasteiger partial charge in [0.25, 0.3) is 0 Å². The molecule has 0 spiro atoms. The average Bonchev–Trinajstić information content (AvgIpc) is 3.04. The highest BCUT2D eigenvalue weighted by Crippen LogP contribution is 2.49. The SMILES string of the molecule is CN1c2ccccc2C(C)(C)C1CCCCCCC1N(C)C2C=CC=CC2C1(C)C. The number of likely N-dealkylation sites (N-methyl/N-ethyl adjacent to an activating group) is 2. The predicted molar refractivity (Wildman–Crippen MR) is 130 cm³/mol.